The molecule has 2 N–H and O–H groups in total. The highest BCUT2D eigenvalue weighted by Crippen LogP contribution is 2.34. The Balaban J connectivity index is 1.59. The van der Waals surface area contributed by atoms with Crippen molar-refractivity contribution in [2.45, 2.75) is 37.5 Å². The van der Waals surface area contributed by atoms with E-state index in [1.54, 1.807) is 14.2 Å². The molecule has 0 aromatic heterocycles. The Labute approximate surface area is 114 Å². The van der Waals surface area contributed by atoms with Crippen molar-refractivity contribution in [3.8, 4) is 0 Å². The summed E-state index contributed by atoms with van der Waals surface area (Å²) in [7, 11) is 3.46. The van der Waals surface area contributed by atoms with Crippen molar-refractivity contribution in [2.24, 2.45) is 4.99 Å². The lowest BCUT2D eigenvalue weighted by molar-refractivity contribution is 0.0732. The fourth-order valence-electron chi connectivity index (χ4n) is 2.65. The Hall–Kier alpha value is -0.850. The first kappa shape index (κ1) is 14.6. The van der Waals surface area contributed by atoms with Crippen LogP contribution in [0, 0.1) is 0 Å². The molecule has 0 radical (unpaired) electrons. The Morgan fingerprint density at radius 1 is 1.32 bits per heavy atom. The van der Waals surface area contributed by atoms with Crippen LogP contribution in [0.5, 0.6) is 0 Å². The van der Waals surface area contributed by atoms with Gasteiger partial charge in [-0.3, -0.25) is 4.99 Å². The highest BCUT2D eigenvalue weighted by Gasteiger charge is 2.40. The fourth-order valence-corrected chi connectivity index (χ4v) is 2.65. The molecule has 2 rings (SSSR count). The molecule has 6 nitrogen and oxygen atoms in total. The van der Waals surface area contributed by atoms with E-state index in [0.717, 1.165) is 18.9 Å². The number of fused-ring (bicyclic) bond motifs is 2. The van der Waals surface area contributed by atoms with Gasteiger partial charge in [0.1, 0.15) is 0 Å². The molecule has 2 aliphatic heterocycles. The van der Waals surface area contributed by atoms with Crippen LogP contribution in [-0.2, 0) is 14.2 Å². The molecule has 0 amide bonds. The molecule has 0 aromatic rings. The maximum atomic E-state index is 5.82. The van der Waals surface area contributed by atoms with Gasteiger partial charge in [-0.05, 0) is 19.3 Å². The Bertz CT molecular complexity index is 299. The predicted octanol–water partition coefficient (Wildman–Crippen LogP) is 0.134. The highest BCUT2D eigenvalue weighted by molar-refractivity contribution is 5.80. The van der Waals surface area contributed by atoms with E-state index in [1.807, 2.05) is 0 Å². The third-order valence-electron chi connectivity index (χ3n) is 3.62. The molecule has 2 aliphatic rings. The molecule has 2 saturated heterocycles. The van der Waals surface area contributed by atoms with Gasteiger partial charge in [0.25, 0.3) is 0 Å². The average Bonchev–Trinajstić information content (AvgIpc) is 3.03. The molecule has 3 unspecified atom stereocenters. The average molecular weight is 271 g/mol. The van der Waals surface area contributed by atoms with Gasteiger partial charge in [0, 0.05) is 20.7 Å². The van der Waals surface area contributed by atoms with Gasteiger partial charge in [-0.15, -0.1) is 0 Å². The van der Waals surface area contributed by atoms with Gasteiger partial charge < -0.3 is 24.8 Å². The number of guanidine groups is 1. The summed E-state index contributed by atoms with van der Waals surface area (Å²) < 4.78 is 16.1. The zero-order valence-corrected chi connectivity index (χ0v) is 11.9. The largest absolute Gasteiger partial charge is 0.382 e. The number of hydrogen-bond donors (Lipinski definition) is 2. The number of nitrogens with one attached hydrogen (secondary N) is 2. The third-order valence-corrected chi connectivity index (χ3v) is 3.62. The number of nitrogens with zero attached hydrogens (tertiary/aromatic N) is 1. The summed E-state index contributed by atoms with van der Waals surface area (Å²) in [6, 6.07) is 0.402. The zero-order valence-electron chi connectivity index (χ0n) is 11.9. The summed E-state index contributed by atoms with van der Waals surface area (Å²) in [5.41, 5.74) is 0. The summed E-state index contributed by atoms with van der Waals surface area (Å²) >= 11 is 0. The summed E-state index contributed by atoms with van der Waals surface area (Å²) in [6.45, 7) is 2.65. The van der Waals surface area contributed by atoms with Gasteiger partial charge >= 0.3 is 0 Å². The smallest absolute Gasteiger partial charge is 0.191 e. The van der Waals surface area contributed by atoms with Gasteiger partial charge in [0.2, 0.25) is 0 Å². The first-order valence-corrected chi connectivity index (χ1v) is 7.03. The summed E-state index contributed by atoms with van der Waals surface area (Å²) in [6.07, 6.45) is 4.29. The molecule has 0 aromatic carbocycles. The van der Waals surface area contributed by atoms with Crippen molar-refractivity contribution in [2.75, 3.05) is 40.5 Å². The maximum Gasteiger partial charge on any atom is 0.191 e. The van der Waals surface area contributed by atoms with Gasteiger partial charge in [0.15, 0.2) is 5.96 Å². The standard InChI is InChI=1S/C13H25N3O3/c1-14-13(15-5-6-18-8-7-17-2)16-11-9-10-3-4-12(11)19-10/h10-12H,3-9H2,1-2H3,(H2,14,15,16). The van der Waals surface area contributed by atoms with Gasteiger partial charge in [-0.1, -0.05) is 0 Å². The fraction of sp³-hybridized carbons (Fsp3) is 0.923. The number of hydrogen-bond acceptors (Lipinski definition) is 4. The van der Waals surface area contributed by atoms with Crippen molar-refractivity contribution in [1.29, 1.82) is 0 Å². The Morgan fingerprint density at radius 2 is 2.21 bits per heavy atom. The topological polar surface area (TPSA) is 64.1 Å². The summed E-state index contributed by atoms with van der Waals surface area (Å²) in [5.74, 6) is 0.830. The van der Waals surface area contributed by atoms with Gasteiger partial charge in [0.05, 0.1) is 38.1 Å². The predicted molar refractivity (Wildman–Crippen MR) is 73.5 cm³/mol. The maximum absolute atomic E-state index is 5.82. The van der Waals surface area contributed by atoms with E-state index >= 15 is 0 Å². The van der Waals surface area contributed by atoms with Crippen molar-refractivity contribution < 1.29 is 14.2 Å². The number of aliphatic imine (C=N–C) groups is 1. The molecule has 0 spiro atoms. The van der Waals surface area contributed by atoms with E-state index in [0.29, 0.717) is 38.1 Å². The lowest BCUT2D eigenvalue weighted by atomic mass is 9.96. The lowest BCUT2D eigenvalue weighted by Gasteiger charge is -2.22. The molecule has 0 aliphatic carbocycles. The molecule has 0 saturated carbocycles. The second-order valence-corrected chi connectivity index (χ2v) is 4.96. The minimum Gasteiger partial charge on any atom is -0.382 e. The van der Waals surface area contributed by atoms with Crippen molar-refractivity contribution >= 4 is 5.96 Å². The van der Waals surface area contributed by atoms with Crippen LogP contribution in [0.4, 0.5) is 0 Å². The highest BCUT2D eigenvalue weighted by atomic mass is 16.5. The van der Waals surface area contributed by atoms with E-state index in [-0.39, 0.29) is 0 Å². The zero-order chi connectivity index (χ0) is 13.5. The monoisotopic (exact) mass is 271 g/mol. The van der Waals surface area contributed by atoms with E-state index in [2.05, 4.69) is 15.6 Å². The van der Waals surface area contributed by atoms with Gasteiger partial charge in [-0.2, -0.15) is 0 Å². The summed E-state index contributed by atoms with van der Waals surface area (Å²) in [5, 5.41) is 6.68. The van der Waals surface area contributed by atoms with E-state index < -0.39 is 0 Å². The molecule has 110 valence electrons. The number of rotatable bonds is 7. The van der Waals surface area contributed by atoms with Crippen LogP contribution in [-0.4, -0.2) is 64.7 Å². The van der Waals surface area contributed by atoms with Crippen LogP contribution < -0.4 is 10.6 Å². The Morgan fingerprint density at radius 3 is 2.84 bits per heavy atom. The van der Waals surface area contributed by atoms with Crippen LogP contribution in [0.15, 0.2) is 4.99 Å². The summed E-state index contributed by atoms with van der Waals surface area (Å²) in [4.78, 5) is 4.23. The Kier molecular flexibility index (Phi) is 5.88. The molecule has 6 heteroatoms. The first-order chi connectivity index (χ1) is 9.33. The van der Waals surface area contributed by atoms with E-state index in [4.69, 9.17) is 14.2 Å². The molecule has 3 atom stereocenters. The number of ether oxygens (including phenoxy) is 3. The lowest BCUT2D eigenvalue weighted by Crippen LogP contribution is -2.48. The molecule has 2 fully saturated rings. The normalized spacial score (nSPS) is 29.8. The molecule has 2 heterocycles. The van der Waals surface area contributed by atoms with E-state index in [1.165, 1.54) is 12.8 Å². The van der Waals surface area contributed by atoms with Crippen molar-refractivity contribution in [3.63, 3.8) is 0 Å². The van der Waals surface area contributed by atoms with Crippen molar-refractivity contribution in [1.82, 2.24) is 10.6 Å². The first-order valence-electron chi connectivity index (χ1n) is 7.03. The molecular formula is C13H25N3O3. The quantitative estimate of drug-likeness (QED) is 0.392. The molecular weight excluding hydrogens is 246 g/mol. The molecule has 2 bridgehead atoms. The minimum atomic E-state index is 0.363. The SMILES string of the molecule is CN=C(NCCOCCOC)NC1CC2CCC1O2. The third kappa shape index (κ3) is 4.33. The number of methoxy groups -OCH3 is 1. The van der Waals surface area contributed by atoms with Crippen LogP contribution in [0.1, 0.15) is 19.3 Å². The van der Waals surface area contributed by atoms with E-state index in [9.17, 15) is 0 Å². The second kappa shape index (κ2) is 7.67. The second-order valence-electron chi connectivity index (χ2n) is 4.96. The molecule has 19 heavy (non-hydrogen) atoms. The van der Waals surface area contributed by atoms with Crippen LogP contribution >= 0.6 is 0 Å². The van der Waals surface area contributed by atoms with Crippen molar-refractivity contribution in [3.05, 3.63) is 0 Å². The van der Waals surface area contributed by atoms with Gasteiger partial charge in [-0.25, -0.2) is 0 Å². The van der Waals surface area contributed by atoms with Crippen LogP contribution in [0.3, 0.4) is 0 Å². The minimum absolute atomic E-state index is 0.363. The van der Waals surface area contributed by atoms with Crippen LogP contribution in [0.2, 0.25) is 0 Å². The van der Waals surface area contributed by atoms with Crippen LogP contribution in [0.25, 0.3) is 0 Å².